The van der Waals surface area contributed by atoms with Crippen molar-refractivity contribution in [3.63, 3.8) is 0 Å². The van der Waals surface area contributed by atoms with E-state index in [1.54, 1.807) is 60.8 Å². The van der Waals surface area contributed by atoms with E-state index >= 15 is 0 Å². The largest absolute Gasteiger partial charge is 0.272 e. The predicted octanol–water partition coefficient (Wildman–Crippen LogP) is 3.59. The van der Waals surface area contributed by atoms with E-state index in [9.17, 15) is 14.0 Å². The maximum absolute atomic E-state index is 13.0. The van der Waals surface area contributed by atoms with E-state index in [2.05, 4.69) is 15.8 Å². The number of halogens is 1. The lowest BCUT2D eigenvalue weighted by molar-refractivity contribution is 0.0844. The Balaban J connectivity index is 1.63. The summed E-state index contributed by atoms with van der Waals surface area (Å²) in [6.07, 6.45) is 1.59. The minimum absolute atomic E-state index is 0.296. The standard InChI is InChI=1S/C20H16FN3O2S/c21-16-10-8-14(9-11-16)13-27-20-17(7-4-12-22-20)19(26)24-23-18(25)15-5-2-1-3-6-15/h1-12H,13H2,(H,23,25)(H,24,26). The molecule has 7 heteroatoms. The lowest BCUT2D eigenvalue weighted by Gasteiger charge is -2.10. The molecule has 136 valence electrons. The van der Waals surface area contributed by atoms with E-state index in [1.807, 2.05) is 0 Å². The van der Waals surface area contributed by atoms with Crippen LogP contribution in [0.3, 0.4) is 0 Å². The van der Waals surface area contributed by atoms with E-state index < -0.39 is 11.8 Å². The van der Waals surface area contributed by atoms with E-state index in [4.69, 9.17) is 0 Å². The molecule has 1 aromatic heterocycles. The second-order valence-electron chi connectivity index (χ2n) is 5.55. The number of nitrogens with one attached hydrogen (secondary N) is 2. The van der Waals surface area contributed by atoms with Gasteiger partial charge < -0.3 is 0 Å². The maximum atomic E-state index is 13.0. The third-order valence-electron chi connectivity index (χ3n) is 3.63. The number of amides is 2. The number of carbonyl (C=O) groups is 2. The van der Waals surface area contributed by atoms with Crippen molar-refractivity contribution in [1.82, 2.24) is 15.8 Å². The topological polar surface area (TPSA) is 71.1 Å². The average Bonchev–Trinajstić information content (AvgIpc) is 2.72. The number of nitrogens with zero attached hydrogens (tertiary/aromatic N) is 1. The highest BCUT2D eigenvalue weighted by Crippen LogP contribution is 2.24. The number of thioether (sulfide) groups is 1. The molecule has 3 aromatic rings. The van der Waals surface area contributed by atoms with Gasteiger partial charge in [0.15, 0.2) is 0 Å². The second-order valence-corrected chi connectivity index (χ2v) is 6.51. The summed E-state index contributed by atoms with van der Waals surface area (Å²) in [7, 11) is 0. The minimum atomic E-state index is -0.464. The Hall–Kier alpha value is -3.19. The predicted molar refractivity (Wildman–Crippen MR) is 102 cm³/mol. The summed E-state index contributed by atoms with van der Waals surface area (Å²) < 4.78 is 13.0. The molecule has 0 saturated heterocycles. The van der Waals surface area contributed by atoms with Gasteiger partial charge in [-0.2, -0.15) is 0 Å². The van der Waals surface area contributed by atoms with Gasteiger partial charge in [-0.05, 0) is 42.0 Å². The van der Waals surface area contributed by atoms with Crippen LogP contribution in [0, 0.1) is 5.82 Å². The molecular weight excluding hydrogens is 365 g/mol. The van der Waals surface area contributed by atoms with Crippen molar-refractivity contribution in [1.29, 1.82) is 0 Å². The number of pyridine rings is 1. The van der Waals surface area contributed by atoms with Crippen LogP contribution in [0.2, 0.25) is 0 Å². The van der Waals surface area contributed by atoms with E-state index in [1.165, 1.54) is 23.9 Å². The number of aromatic nitrogens is 1. The summed E-state index contributed by atoms with van der Waals surface area (Å²) in [4.78, 5) is 28.7. The van der Waals surface area contributed by atoms with Crippen LogP contribution in [0.4, 0.5) is 4.39 Å². The lowest BCUT2D eigenvalue weighted by atomic mass is 10.2. The Morgan fingerprint density at radius 2 is 1.59 bits per heavy atom. The summed E-state index contributed by atoms with van der Waals surface area (Å²) in [5.41, 5.74) is 6.49. The van der Waals surface area contributed by atoms with Crippen molar-refractivity contribution < 1.29 is 14.0 Å². The van der Waals surface area contributed by atoms with Crippen LogP contribution in [-0.4, -0.2) is 16.8 Å². The Morgan fingerprint density at radius 3 is 2.33 bits per heavy atom. The highest BCUT2D eigenvalue weighted by atomic mass is 32.2. The molecule has 2 amide bonds. The maximum Gasteiger partial charge on any atom is 0.272 e. The van der Waals surface area contributed by atoms with Crippen LogP contribution in [-0.2, 0) is 5.75 Å². The zero-order chi connectivity index (χ0) is 19.1. The van der Waals surface area contributed by atoms with Crippen LogP contribution in [0.1, 0.15) is 26.3 Å². The Labute approximate surface area is 160 Å². The number of hydrogen-bond acceptors (Lipinski definition) is 4. The fraction of sp³-hybridized carbons (Fsp3) is 0.0500. The van der Waals surface area contributed by atoms with Gasteiger partial charge in [-0.1, -0.05) is 30.3 Å². The van der Waals surface area contributed by atoms with E-state index in [0.717, 1.165) is 5.56 Å². The third kappa shape index (κ3) is 5.15. The van der Waals surface area contributed by atoms with Gasteiger partial charge in [0.1, 0.15) is 10.8 Å². The second kappa shape index (κ2) is 8.95. The first kappa shape index (κ1) is 18.6. The molecule has 0 bridgehead atoms. The van der Waals surface area contributed by atoms with Gasteiger partial charge in [0.25, 0.3) is 11.8 Å². The molecule has 0 radical (unpaired) electrons. The number of rotatable bonds is 5. The minimum Gasteiger partial charge on any atom is -0.267 e. The summed E-state index contributed by atoms with van der Waals surface area (Å²) >= 11 is 1.36. The molecular formula is C20H16FN3O2S. The fourth-order valence-corrected chi connectivity index (χ4v) is 3.20. The molecule has 0 aliphatic heterocycles. The van der Waals surface area contributed by atoms with Gasteiger partial charge in [0.05, 0.1) is 5.56 Å². The number of hydrogen-bond donors (Lipinski definition) is 2. The molecule has 3 rings (SSSR count). The normalized spacial score (nSPS) is 10.3. The molecule has 0 spiro atoms. The lowest BCUT2D eigenvalue weighted by Crippen LogP contribution is -2.41. The van der Waals surface area contributed by atoms with Crippen LogP contribution in [0.15, 0.2) is 78.0 Å². The summed E-state index contributed by atoms with van der Waals surface area (Å²) in [6.45, 7) is 0. The van der Waals surface area contributed by atoms with Crippen molar-refractivity contribution in [2.75, 3.05) is 0 Å². The zero-order valence-corrected chi connectivity index (χ0v) is 15.0. The molecule has 2 aromatic carbocycles. The Bertz CT molecular complexity index is 933. The number of carbonyl (C=O) groups excluding carboxylic acids is 2. The molecule has 0 saturated carbocycles. The van der Waals surface area contributed by atoms with E-state index in [0.29, 0.717) is 21.9 Å². The molecule has 0 aliphatic rings. The number of hydrazine groups is 1. The van der Waals surface area contributed by atoms with Crippen LogP contribution in [0.5, 0.6) is 0 Å². The van der Waals surface area contributed by atoms with Gasteiger partial charge in [-0.15, -0.1) is 11.8 Å². The van der Waals surface area contributed by atoms with Crippen molar-refractivity contribution in [2.45, 2.75) is 10.8 Å². The zero-order valence-electron chi connectivity index (χ0n) is 14.2. The highest BCUT2D eigenvalue weighted by molar-refractivity contribution is 7.98. The molecule has 0 atom stereocenters. The Morgan fingerprint density at radius 1 is 0.889 bits per heavy atom. The van der Waals surface area contributed by atoms with Crippen LogP contribution < -0.4 is 10.9 Å². The first-order valence-electron chi connectivity index (χ1n) is 8.11. The first-order valence-corrected chi connectivity index (χ1v) is 9.10. The van der Waals surface area contributed by atoms with Crippen molar-refractivity contribution in [3.8, 4) is 0 Å². The van der Waals surface area contributed by atoms with Gasteiger partial charge in [-0.3, -0.25) is 20.4 Å². The average molecular weight is 381 g/mol. The van der Waals surface area contributed by atoms with Crippen molar-refractivity contribution >= 4 is 23.6 Å². The molecule has 0 unspecified atom stereocenters. The fourth-order valence-electron chi connectivity index (χ4n) is 2.25. The SMILES string of the molecule is O=C(NNC(=O)c1cccnc1SCc1ccc(F)cc1)c1ccccc1. The highest BCUT2D eigenvalue weighted by Gasteiger charge is 2.14. The Kier molecular flexibility index (Phi) is 6.17. The smallest absolute Gasteiger partial charge is 0.267 e. The van der Waals surface area contributed by atoms with Crippen LogP contribution in [0.25, 0.3) is 0 Å². The first-order chi connectivity index (χ1) is 13.1. The third-order valence-corrected chi connectivity index (χ3v) is 4.71. The summed E-state index contributed by atoms with van der Waals surface area (Å²) in [5.74, 6) is -0.633. The van der Waals surface area contributed by atoms with Crippen LogP contribution >= 0.6 is 11.8 Å². The summed E-state index contributed by atoms with van der Waals surface area (Å²) in [6, 6.07) is 18.0. The van der Waals surface area contributed by atoms with Crippen molar-refractivity contribution in [3.05, 3.63) is 95.4 Å². The van der Waals surface area contributed by atoms with Gasteiger partial charge >= 0.3 is 0 Å². The number of benzene rings is 2. The van der Waals surface area contributed by atoms with Gasteiger partial charge in [0.2, 0.25) is 0 Å². The van der Waals surface area contributed by atoms with Gasteiger partial charge in [0, 0.05) is 17.5 Å². The molecule has 27 heavy (non-hydrogen) atoms. The quantitative estimate of drug-likeness (QED) is 0.523. The summed E-state index contributed by atoms with van der Waals surface area (Å²) in [5, 5.41) is 0.522. The molecule has 2 N–H and O–H groups in total. The monoisotopic (exact) mass is 381 g/mol. The van der Waals surface area contributed by atoms with Gasteiger partial charge in [-0.25, -0.2) is 9.37 Å². The van der Waals surface area contributed by atoms with E-state index in [-0.39, 0.29) is 5.82 Å². The molecule has 0 aliphatic carbocycles. The van der Waals surface area contributed by atoms with Crippen molar-refractivity contribution in [2.24, 2.45) is 0 Å². The molecule has 0 fully saturated rings. The molecule has 1 heterocycles. The molecule has 5 nitrogen and oxygen atoms in total.